The molecule has 0 aliphatic carbocycles. The highest BCUT2D eigenvalue weighted by Gasteiger charge is 2.17. The minimum atomic E-state index is -0.464. The molecule has 0 aliphatic heterocycles. The predicted molar refractivity (Wildman–Crippen MR) is 200 cm³/mol. The molecule has 242 valence electrons. The van der Waals surface area contributed by atoms with E-state index in [1.54, 1.807) is 48.7 Å². The second kappa shape index (κ2) is 14.0. The summed E-state index contributed by atoms with van der Waals surface area (Å²) in [4.78, 5) is 43.5. The lowest BCUT2D eigenvalue weighted by molar-refractivity contribution is -0.114. The molecule has 2 heterocycles. The van der Waals surface area contributed by atoms with Gasteiger partial charge in [-0.05, 0) is 79.7 Å². The maximum Gasteiger partial charge on any atom is 0.272 e. The number of carbonyl (C=O) groups is 3. The molecule has 0 spiro atoms. The predicted octanol–water partition coefficient (Wildman–Crippen LogP) is 8.44. The van der Waals surface area contributed by atoms with Crippen LogP contribution in [0.3, 0.4) is 0 Å². The van der Waals surface area contributed by atoms with Gasteiger partial charge in [0, 0.05) is 72.8 Å². The second-order valence-corrected chi connectivity index (χ2v) is 12.5. The van der Waals surface area contributed by atoms with Crippen LogP contribution in [0.15, 0.2) is 138 Å². The molecule has 3 amide bonds. The highest BCUT2D eigenvalue weighted by molar-refractivity contribution is 8.00. The van der Waals surface area contributed by atoms with Crippen molar-refractivity contribution in [3.05, 3.63) is 144 Å². The number of aromatic amines is 1. The van der Waals surface area contributed by atoms with Gasteiger partial charge in [-0.1, -0.05) is 54.6 Å². The van der Waals surface area contributed by atoms with Gasteiger partial charge in [0.2, 0.25) is 5.91 Å². The number of nitrogens with one attached hydrogen (secondary N) is 4. The Morgan fingerprint density at radius 1 is 0.735 bits per heavy atom. The average Bonchev–Trinajstić information content (AvgIpc) is 3.69. The first-order valence-electron chi connectivity index (χ1n) is 16.0. The summed E-state index contributed by atoms with van der Waals surface area (Å²) in [5.74, 6) is -0.737. The summed E-state index contributed by atoms with van der Waals surface area (Å²) in [6.45, 7) is 3.00. The van der Waals surface area contributed by atoms with Crippen LogP contribution in [-0.4, -0.2) is 33.0 Å². The van der Waals surface area contributed by atoms with E-state index in [2.05, 4.69) is 50.6 Å². The second-order valence-electron chi connectivity index (χ2n) is 11.5. The molecule has 0 radical (unpaired) electrons. The van der Waals surface area contributed by atoms with Crippen molar-refractivity contribution >= 4 is 79.6 Å². The highest BCUT2D eigenvalue weighted by atomic mass is 32.2. The summed E-state index contributed by atoms with van der Waals surface area (Å²) in [7, 11) is 0. The smallest absolute Gasteiger partial charge is 0.272 e. The van der Waals surface area contributed by atoms with E-state index in [0.29, 0.717) is 11.3 Å². The zero-order valence-electron chi connectivity index (χ0n) is 26.7. The third-order valence-corrected chi connectivity index (χ3v) is 9.32. The van der Waals surface area contributed by atoms with Crippen LogP contribution in [0.1, 0.15) is 22.8 Å². The third-order valence-electron chi connectivity index (χ3n) is 8.30. The normalized spacial score (nSPS) is 11.6. The van der Waals surface area contributed by atoms with Crippen LogP contribution in [-0.2, 0) is 16.1 Å². The number of hydrogen-bond acceptors (Lipinski definition) is 4. The zero-order valence-corrected chi connectivity index (χ0v) is 27.5. The Kier molecular flexibility index (Phi) is 8.99. The van der Waals surface area contributed by atoms with Gasteiger partial charge in [-0.2, -0.15) is 0 Å². The number of para-hydroxylation sites is 2. The molecule has 0 unspecified atom stereocenters. The quantitative estimate of drug-likeness (QED) is 0.0870. The number of rotatable bonds is 10. The van der Waals surface area contributed by atoms with E-state index in [1.165, 1.54) is 17.3 Å². The summed E-state index contributed by atoms with van der Waals surface area (Å²) >= 11 is 1.40. The maximum absolute atomic E-state index is 13.5. The fourth-order valence-corrected chi connectivity index (χ4v) is 6.66. The number of hydrogen-bond donors (Lipinski definition) is 4. The van der Waals surface area contributed by atoms with Gasteiger partial charge in [0.05, 0.1) is 5.75 Å². The molecule has 4 N–H and O–H groups in total. The van der Waals surface area contributed by atoms with Crippen molar-refractivity contribution in [3.63, 3.8) is 0 Å². The molecule has 0 fully saturated rings. The molecule has 0 saturated carbocycles. The fourth-order valence-electron chi connectivity index (χ4n) is 5.96. The number of benzene rings is 5. The molecule has 8 nitrogen and oxygen atoms in total. The first kappa shape index (κ1) is 31.5. The molecule has 0 aliphatic rings. The molecular formula is C40H33N5O3S. The van der Waals surface area contributed by atoms with Gasteiger partial charge in [0.1, 0.15) is 5.70 Å². The van der Waals surface area contributed by atoms with Crippen molar-refractivity contribution in [1.29, 1.82) is 0 Å². The molecule has 0 saturated heterocycles. The van der Waals surface area contributed by atoms with Crippen LogP contribution in [0.4, 0.5) is 11.4 Å². The number of thioether (sulfide) groups is 1. The molecule has 7 aromatic rings. The van der Waals surface area contributed by atoms with E-state index in [1.807, 2.05) is 66.7 Å². The number of H-pyrrole nitrogens is 1. The fraction of sp³-hybridized carbons (Fsp3) is 0.0750. The number of aromatic nitrogens is 2. The van der Waals surface area contributed by atoms with Crippen molar-refractivity contribution in [2.45, 2.75) is 18.4 Å². The first-order chi connectivity index (χ1) is 24.0. The van der Waals surface area contributed by atoms with E-state index < -0.39 is 5.91 Å². The van der Waals surface area contributed by atoms with E-state index in [9.17, 15) is 14.4 Å². The number of amides is 3. The van der Waals surface area contributed by atoms with Gasteiger partial charge < -0.3 is 25.5 Å². The van der Waals surface area contributed by atoms with Crippen molar-refractivity contribution < 1.29 is 14.4 Å². The number of nitrogens with zero attached hydrogens (tertiary/aromatic N) is 1. The van der Waals surface area contributed by atoms with E-state index >= 15 is 0 Å². The lowest BCUT2D eigenvalue weighted by Crippen LogP contribution is -2.30. The zero-order chi connectivity index (χ0) is 33.7. The standard InChI is InChI=1S/C40H33N5O3S/c1-2-45-36-15-9-7-13-32(36)33-23-29(18-21-37(33)45)42-38(46)25-49-30-19-16-28(17-20-30)43-40(48)35(44-39(47)26-10-4-3-5-11-26)22-27-24-41-34-14-8-6-12-31(27)34/h3-24,41H,2,25H2,1H3,(H,42,46)(H,43,48)(H,44,47). The van der Waals surface area contributed by atoms with E-state index in [-0.39, 0.29) is 23.3 Å². The number of fused-ring (bicyclic) bond motifs is 4. The topological polar surface area (TPSA) is 108 Å². The summed E-state index contributed by atoms with van der Waals surface area (Å²) < 4.78 is 2.28. The Labute approximate surface area is 287 Å². The van der Waals surface area contributed by atoms with Crippen LogP contribution in [0.25, 0.3) is 38.8 Å². The van der Waals surface area contributed by atoms with Gasteiger partial charge >= 0.3 is 0 Å². The summed E-state index contributed by atoms with van der Waals surface area (Å²) in [5.41, 5.74) is 5.86. The van der Waals surface area contributed by atoms with Gasteiger partial charge in [-0.3, -0.25) is 14.4 Å². The van der Waals surface area contributed by atoms with Crippen molar-refractivity contribution in [2.24, 2.45) is 0 Å². The lowest BCUT2D eigenvalue weighted by atomic mass is 10.1. The summed E-state index contributed by atoms with van der Waals surface area (Å²) in [6, 6.07) is 38.1. The third kappa shape index (κ3) is 6.83. The van der Waals surface area contributed by atoms with Crippen LogP contribution >= 0.6 is 11.8 Å². The van der Waals surface area contributed by atoms with Crippen molar-refractivity contribution in [2.75, 3.05) is 16.4 Å². The molecule has 5 aromatic carbocycles. The van der Waals surface area contributed by atoms with Gasteiger partial charge in [0.25, 0.3) is 11.8 Å². The Morgan fingerprint density at radius 2 is 1.43 bits per heavy atom. The summed E-state index contributed by atoms with van der Waals surface area (Å²) in [6.07, 6.45) is 3.47. The van der Waals surface area contributed by atoms with Crippen molar-refractivity contribution in [1.82, 2.24) is 14.9 Å². The van der Waals surface area contributed by atoms with E-state index in [4.69, 9.17) is 0 Å². The molecule has 49 heavy (non-hydrogen) atoms. The minimum absolute atomic E-state index is 0.103. The van der Waals surface area contributed by atoms with Crippen LogP contribution in [0.2, 0.25) is 0 Å². The van der Waals surface area contributed by atoms with Gasteiger partial charge in [-0.15, -0.1) is 11.8 Å². The monoisotopic (exact) mass is 663 g/mol. The largest absolute Gasteiger partial charge is 0.361 e. The molecule has 9 heteroatoms. The maximum atomic E-state index is 13.5. The first-order valence-corrected chi connectivity index (χ1v) is 16.9. The number of aryl methyl sites for hydroxylation is 1. The Morgan fingerprint density at radius 3 is 2.22 bits per heavy atom. The molecule has 0 atom stereocenters. The SMILES string of the molecule is CCn1c2ccccc2c2cc(NC(=O)CSc3ccc(NC(=O)C(=Cc4c[nH]c5ccccc45)NC(=O)c4ccccc4)cc3)ccc21. The number of carbonyl (C=O) groups excluding carboxylic acids is 3. The Balaban J connectivity index is 1.01. The average molecular weight is 664 g/mol. The minimum Gasteiger partial charge on any atom is -0.361 e. The van der Waals surface area contributed by atoms with Crippen molar-refractivity contribution in [3.8, 4) is 0 Å². The van der Waals surface area contributed by atoms with Gasteiger partial charge in [0.15, 0.2) is 0 Å². The Hall–Kier alpha value is -6.06. The van der Waals surface area contributed by atoms with E-state index in [0.717, 1.165) is 49.9 Å². The number of anilines is 2. The molecule has 7 rings (SSSR count). The molecule has 0 bridgehead atoms. The highest BCUT2D eigenvalue weighted by Crippen LogP contribution is 2.31. The summed E-state index contributed by atoms with van der Waals surface area (Å²) in [5, 5.41) is 11.9. The van der Waals surface area contributed by atoms with Gasteiger partial charge in [-0.25, -0.2) is 0 Å². The Bertz CT molecular complexity index is 2360. The van der Waals surface area contributed by atoms with Crippen LogP contribution in [0, 0.1) is 0 Å². The van der Waals surface area contributed by atoms with Crippen LogP contribution in [0.5, 0.6) is 0 Å². The lowest BCUT2D eigenvalue weighted by Gasteiger charge is -2.12. The van der Waals surface area contributed by atoms with Crippen LogP contribution < -0.4 is 16.0 Å². The molecular weight excluding hydrogens is 631 g/mol. The molecule has 2 aromatic heterocycles.